The summed E-state index contributed by atoms with van der Waals surface area (Å²) in [6.07, 6.45) is -3.31. The van der Waals surface area contributed by atoms with Crippen molar-refractivity contribution in [2.45, 2.75) is 13.1 Å². The quantitative estimate of drug-likeness (QED) is 0.684. The normalized spacial score (nSPS) is 12.0. The monoisotopic (exact) mass is 314 g/mol. The van der Waals surface area contributed by atoms with Gasteiger partial charge in [0.1, 0.15) is 5.69 Å². The van der Waals surface area contributed by atoms with E-state index in [2.05, 4.69) is 15.3 Å². The molecule has 0 aliphatic heterocycles. The Bertz CT molecular complexity index is 807. The van der Waals surface area contributed by atoms with Crippen molar-refractivity contribution in [2.75, 3.05) is 0 Å². The molecule has 0 amide bonds. The van der Waals surface area contributed by atoms with Crippen LogP contribution in [0.15, 0.2) is 34.2 Å². The maximum atomic E-state index is 12.6. The van der Waals surface area contributed by atoms with Gasteiger partial charge in [0.15, 0.2) is 0 Å². The van der Waals surface area contributed by atoms with Crippen LogP contribution in [0.4, 0.5) is 13.2 Å². The highest BCUT2D eigenvalue weighted by molar-refractivity contribution is 7.71. The minimum absolute atomic E-state index is 0.0474. The maximum absolute atomic E-state index is 12.6. The van der Waals surface area contributed by atoms with Gasteiger partial charge in [-0.15, -0.1) is 0 Å². The first-order valence-corrected chi connectivity index (χ1v) is 6.10. The molecule has 0 aliphatic rings. The van der Waals surface area contributed by atoms with Gasteiger partial charge in [-0.2, -0.15) is 28.0 Å². The third-order valence-electron chi connectivity index (χ3n) is 2.55. The van der Waals surface area contributed by atoms with Gasteiger partial charge >= 0.3 is 6.18 Å². The lowest BCUT2D eigenvalue weighted by Gasteiger charge is -2.06. The molecule has 0 aliphatic carbocycles. The minimum atomic E-state index is -4.44. The van der Waals surface area contributed by atoms with Crippen LogP contribution in [0.3, 0.4) is 0 Å². The molecule has 2 rings (SSSR count). The number of nitrogens with one attached hydrogen (secondary N) is 1. The van der Waals surface area contributed by atoms with Crippen molar-refractivity contribution in [3.63, 3.8) is 0 Å². The second-order valence-electron chi connectivity index (χ2n) is 4.10. The lowest BCUT2D eigenvalue weighted by molar-refractivity contribution is -0.137. The highest BCUT2D eigenvalue weighted by atomic mass is 32.1. The molecule has 110 valence electrons. The molecule has 2 aromatic rings. The second kappa shape index (κ2) is 5.60. The summed E-state index contributed by atoms with van der Waals surface area (Å²) in [6, 6.07) is 4.57. The van der Waals surface area contributed by atoms with E-state index in [1.54, 1.807) is 0 Å². The smallest absolute Gasteiger partial charge is 0.265 e. The molecule has 0 saturated carbocycles. The van der Waals surface area contributed by atoms with Gasteiger partial charge in [-0.3, -0.25) is 9.89 Å². The standard InChI is InChI=1S/C12H9F3N4OS/c1-7-10(20)19(11(21)18-17-7)16-6-8-3-2-4-9(5-8)12(13,14)15/h2-6H,1H3,(H,18,21)/b16-6-. The first-order chi connectivity index (χ1) is 9.79. The van der Waals surface area contributed by atoms with Crippen LogP contribution in [0.2, 0.25) is 0 Å². The highest BCUT2D eigenvalue weighted by Crippen LogP contribution is 2.29. The fourth-order valence-electron chi connectivity index (χ4n) is 1.50. The Balaban J connectivity index is 2.42. The Morgan fingerprint density at radius 1 is 1.43 bits per heavy atom. The summed E-state index contributed by atoms with van der Waals surface area (Å²) in [5.74, 6) is 0. The van der Waals surface area contributed by atoms with E-state index in [4.69, 9.17) is 12.2 Å². The van der Waals surface area contributed by atoms with Gasteiger partial charge in [0.2, 0.25) is 4.77 Å². The number of hydrogen-bond donors (Lipinski definition) is 1. The number of halogens is 3. The van der Waals surface area contributed by atoms with Crippen molar-refractivity contribution in [3.8, 4) is 0 Å². The zero-order valence-corrected chi connectivity index (χ0v) is 11.5. The SMILES string of the molecule is Cc1n[nH]c(=S)n(/N=C\c2cccc(C(F)(F)F)c2)c1=O. The van der Waals surface area contributed by atoms with E-state index in [1.165, 1.54) is 19.1 Å². The van der Waals surface area contributed by atoms with E-state index in [0.29, 0.717) is 0 Å². The van der Waals surface area contributed by atoms with E-state index in [9.17, 15) is 18.0 Å². The minimum Gasteiger partial charge on any atom is -0.265 e. The third-order valence-corrected chi connectivity index (χ3v) is 2.81. The molecule has 0 unspecified atom stereocenters. The van der Waals surface area contributed by atoms with Crippen LogP contribution < -0.4 is 5.56 Å². The van der Waals surface area contributed by atoms with Crippen molar-refractivity contribution in [1.82, 2.24) is 14.9 Å². The lowest BCUT2D eigenvalue weighted by Crippen LogP contribution is -2.22. The third kappa shape index (κ3) is 3.43. The van der Waals surface area contributed by atoms with Gasteiger partial charge in [0.05, 0.1) is 11.8 Å². The molecule has 1 heterocycles. The molecule has 0 spiro atoms. The summed E-state index contributed by atoms with van der Waals surface area (Å²) in [5.41, 5.74) is -0.998. The zero-order valence-electron chi connectivity index (χ0n) is 10.7. The van der Waals surface area contributed by atoms with Crippen LogP contribution in [0.25, 0.3) is 0 Å². The maximum Gasteiger partial charge on any atom is 0.416 e. The van der Waals surface area contributed by atoms with Gasteiger partial charge in [0, 0.05) is 0 Å². The fourth-order valence-corrected chi connectivity index (χ4v) is 1.67. The molecule has 1 aromatic carbocycles. The van der Waals surface area contributed by atoms with Crippen molar-refractivity contribution in [3.05, 3.63) is 56.2 Å². The number of benzene rings is 1. The van der Waals surface area contributed by atoms with Gasteiger partial charge in [0.25, 0.3) is 5.56 Å². The molecule has 0 saturated heterocycles. The van der Waals surface area contributed by atoms with Crippen molar-refractivity contribution < 1.29 is 13.2 Å². The number of aromatic amines is 1. The second-order valence-corrected chi connectivity index (χ2v) is 4.49. The van der Waals surface area contributed by atoms with Crippen LogP contribution >= 0.6 is 12.2 Å². The van der Waals surface area contributed by atoms with Crippen LogP contribution in [0, 0.1) is 11.7 Å². The summed E-state index contributed by atoms with van der Waals surface area (Å²) in [4.78, 5) is 11.8. The largest absolute Gasteiger partial charge is 0.416 e. The Hall–Kier alpha value is -2.29. The molecule has 1 N–H and O–H groups in total. The summed E-state index contributed by atoms with van der Waals surface area (Å²) in [7, 11) is 0. The molecule has 9 heteroatoms. The molecular weight excluding hydrogens is 305 g/mol. The Labute approximate surface area is 121 Å². The summed E-state index contributed by atoms with van der Waals surface area (Å²) in [6.45, 7) is 1.46. The van der Waals surface area contributed by atoms with E-state index in [-0.39, 0.29) is 16.0 Å². The molecule has 1 aromatic heterocycles. The Morgan fingerprint density at radius 2 is 2.14 bits per heavy atom. The van der Waals surface area contributed by atoms with Crippen molar-refractivity contribution in [1.29, 1.82) is 0 Å². The van der Waals surface area contributed by atoms with Gasteiger partial charge < -0.3 is 0 Å². The predicted octanol–water partition coefficient (Wildman–Crippen LogP) is 2.51. The number of alkyl halides is 3. The number of rotatable bonds is 2. The summed E-state index contributed by atoms with van der Waals surface area (Å²) >= 11 is 4.85. The molecule has 5 nitrogen and oxygen atoms in total. The zero-order chi connectivity index (χ0) is 15.6. The van der Waals surface area contributed by atoms with Crippen LogP contribution in [-0.2, 0) is 6.18 Å². The molecule has 0 radical (unpaired) electrons. The number of H-pyrrole nitrogens is 1. The average Bonchev–Trinajstić information content (AvgIpc) is 2.42. The van der Waals surface area contributed by atoms with Crippen molar-refractivity contribution in [2.24, 2.45) is 5.10 Å². The van der Waals surface area contributed by atoms with Gasteiger partial charge in [-0.1, -0.05) is 12.1 Å². The topological polar surface area (TPSA) is 63.0 Å². The first kappa shape index (κ1) is 15.1. The van der Waals surface area contributed by atoms with E-state index < -0.39 is 17.3 Å². The molecule has 0 atom stereocenters. The summed E-state index contributed by atoms with van der Waals surface area (Å²) in [5, 5.41) is 9.87. The van der Waals surface area contributed by atoms with Crippen molar-refractivity contribution >= 4 is 18.4 Å². The van der Waals surface area contributed by atoms with Crippen LogP contribution in [0.1, 0.15) is 16.8 Å². The molecule has 21 heavy (non-hydrogen) atoms. The number of aryl methyl sites for hydroxylation is 1. The fraction of sp³-hybridized carbons (Fsp3) is 0.167. The van der Waals surface area contributed by atoms with Gasteiger partial charge in [-0.05, 0) is 36.8 Å². The van der Waals surface area contributed by atoms with E-state index in [1.807, 2.05) is 0 Å². The van der Waals surface area contributed by atoms with Crippen LogP contribution in [-0.4, -0.2) is 21.1 Å². The average molecular weight is 314 g/mol. The predicted molar refractivity (Wildman–Crippen MR) is 72.9 cm³/mol. The van der Waals surface area contributed by atoms with E-state index >= 15 is 0 Å². The lowest BCUT2D eigenvalue weighted by atomic mass is 10.1. The molecule has 0 bridgehead atoms. The number of aromatic nitrogens is 3. The van der Waals surface area contributed by atoms with E-state index in [0.717, 1.165) is 23.0 Å². The number of nitrogens with zero attached hydrogens (tertiary/aromatic N) is 3. The summed E-state index contributed by atoms with van der Waals surface area (Å²) < 4.78 is 38.6. The number of hydrogen-bond acceptors (Lipinski definition) is 4. The molecule has 0 fully saturated rings. The van der Waals surface area contributed by atoms with Crippen LogP contribution in [0.5, 0.6) is 0 Å². The molecular formula is C12H9F3N4OS. The Kier molecular flexibility index (Phi) is 4.03. The van der Waals surface area contributed by atoms with Gasteiger partial charge in [-0.25, -0.2) is 0 Å². The Morgan fingerprint density at radius 3 is 2.81 bits per heavy atom. The highest BCUT2D eigenvalue weighted by Gasteiger charge is 2.30. The first-order valence-electron chi connectivity index (χ1n) is 5.69.